The van der Waals surface area contributed by atoms with Crippen LogP contribution in [0.4, 0.5) is 0 Å². The van der Waals surface area contributed by atoms with Crippen molar-refractivity contribution in [1.29, 1.82) is 0 Å². The Morgan fingerprint density at radius 2 is 1.93 bits per heavy atom. The van der Waals surface area contributed by atoms with Crippen molar-refractivity contribution in [2.24, 2.45) is 4.99 Å². The second-order valence-electron chi connectivity index (χ2n) is 8.37. The van der Waals surface area contributed by atoms with Crippen LogP contribution in [0.15, 0.2) is 35.3 Å². The second kappa shape index (κ2) is 11.9. The number of aliphatic imine (C=N–C) groups is 1. The molecule has 7 heteroatoms. The van der Waals surface area contributed by atoms with E-state index >= 15 is 0 Å². The summed E-state index contributed by atoms with van der Waals surface area (Å²) in [5.41, 5.74) is 1.31. The van der Waals surface area contributed by atoms with Crippen LogP contribution in [0.3, 0.4) is 0 Å². The largest absolute Gasteiger partial charge is 0.376 e. The van der Waals surface area contributed by atoms with Gasteiger partial charge in [0.25, 0.3) is 0 Å². The first kappa shape index (κ1) is 22.6. The zero-order chi connectivity index (χ0) is 21.2. The topological polar surface area (TPSA) is 69.2 Å². The number of likely N-dealkylation sites (tertiary alicyclic amines) is 1. The number of rotatable bonds is 8. The summed E-state index contributed by atoms with van der Waals surface area (Å²) in [4.78, 5) is 20.7. The van der Waals surface area contributed by atoms with E-state index in [4.69, 9.17) is 4.74 Å². The van der Waals surface area contributed by atoms with Gasteiger partial charge in [0.15, 0.2) is 5.96 Å². The lowest BCUT2D eigenvalue weighted by atomic mass is 10.1. The van der Waals surface area contributed by atoms with E-state index in [2.05, 4.69) is 50.9 Å². The highest BCUT2D eigenvalue weighted by molar-refractivity contribution is 5.84. The molecular weight excluding hydrogens is 378 g/mol. The maximum atomic E-state index is 12.1. The van der Waals surface area contributed by atoms with E-state index in [1.807, 2.05) is 0 Å². The summed E-state index contributed by atoms with van der Waals surface area (Å²) in [7, 11) is 3.51. The molecule has 1 aromatic carbocycles. The van der Waals surface area contributed by atoms with Gasteiger partial charge in [0.05, 0.1) is 12.1 Å². The van der Waals surface area contributed by atoms with Gasteiger partial charge in [-0.05, 0) is 50.8 Å². The van der Waals surface area contributed by atoms with E-state index in [0.29, 0.717) is 12.5 Å². The predicted octanol–water partition coefficient (Wildman–Crippen LogP) is 2.02. The molecule has 0 radical (unpaired) electrons. The normalized spacial score (nSPS) is 21.3. The average Bonchev–Trinajstić information content (AvgIpc) is 3.31. The van der Waals surface area contributed by atoms with Gasteiger partial charge in [-0.15, -0.1) is 0 Å². The van der Waals surface area contributed by atoms with Crippen LogP contribution in [-0.2, 0) is 9.53 Å². The number of hydrogen-bond donors (Lipinski definition) is 2. The molecule has 2 unspecified atom stereocenters. The van der Waals surface area contributed by atoms with Crippen molar-refractivity contribution in [2.75, 3.05) is 53.4 Å². The van der Waals surface area contributed by atoms with Gasteiger partial charge in [0.1, 0.15) is 6.54 Å². The maximum Gasteiger partial charge on any atom is 0.243 e. The lowest BCUT2D eigenvalue weighted by molar-refractivity contribution is -0.127. The molecule has 1 amide bonds. The Morgan fingerprint density at radius 3 is 2.60 bits per heavy atom. The van der Waals surface area contributed by atoms with E-state index in [-0.39, 0.29) is 24.6 Å². The van der Waals surface area contributed by atoms with Crippen molar-refractivity contribution >= 4 is 11.9 Å². The standard InChI is InChI=1S/C23H37N5O2/c1-27(2)22(29)18-26-23(24-16-20-12-6-9-15-30-20)25-17-21(28-13-7-8-14-28)19-10-4-3-5-11-19/h3-5,10-11,20-21H,6-9,12-18H2,1-2H3,(H2,24,25,26). The Morgan fingerprint density at radius 1 is 1.17 bits per heavy atom. The fourth-order valence-electron chi connectivity index (χ4n) is 4.02. The first-order chi connectivity index (χ1) is 14.6. The summed E-state index contributed by atoms with van der Waals surface area (Å²) >= 11 is 0. The molecule has 0 aromatic heterocycles. The van der Waals surface area contributed by atoms with Crippen LogP contribution >= 0.6 is 0 Å². The lowest BCUT2D eigenvalue weighted by Crippen LogP contribution is -2.46. The van der Waals surface area contributed by atoms with Gasteiger partial charge >= 0.3 is 0 Å². The number of likely N-dealkylation sites (N-methyl/N-ethyl adjacent to an activating group) is 1. The van der Waals surface area contributed by atoms with Crippen molar-refractivity contribution in [2.45, 2.75) is 44.2 Å². The van der Waals surface area contributed by atoms with Crippen molar-refractivity contribution in [3.05, 3.63) is 35.9 Å². The minimum atomic E-state index is -0.0100. The van der Waals surface area contributed by atoms with Gasteiger partial charge in [-0.1, -0.05) is 30.3 Å². The third-order valence-electron chi connectivity index (χ3n) is 5.87. The molecule has 0 spiro atoms. The highest BCUT2D eigenvalue weighted by Gasteiger charge is 2.24. The van der Waals surface area contributed by atoms with Gasteiger partial charge in [-0.3, -0.25) is 9.69 Å². The van der Waals surface area contributed by atoms with Crippen LogP contribution in [0, 0.1) is 0 Å². The van der Waals surface area contributed by atoms with E-state index in [0.717, 1.165) is 39.1 Å². The zero-order valence-corrected chi connectivity index (χ0v) is 18.5. The molecule has 0 bridgehead atoms. The monoisotopic (exact) mass is 415 g/mol. The number of amides is 1. The molecule has 2 saturated heterocycles. The molecule has 2 aliphatic heterocycles. The number of hydrogen-bond acceptors (Lipinski definition) is 4. The van der Waals surface area contributed by atoms with Gasteiger partial charge in [-0.25, -0.2) is 4.99 Å². The molecule has 7 nitrogen and oxygen atoms in total. The van der Waals surface area contributed by atoms with E-state index in [9.17, 15) is 4.79 Å². The minimum Gasteiger partial charge on any atom is -0.376 e. The van der Waals surface area contributed by atoms with Crippen LogP contribution in [0.1, 0.15) is 43.7 Å². The highest BCUT2D eigenvalue weighted by atomic mass is 16.5. The molecule has 2 atom stereocenters. The Balaban J connectivity index is 1.64. The summed E-state index contributed by atoms with van der Waals surface area (Å²) in [6, 6.07) is 10.9. The van der Waals surface area contributed by atoms with E-state index < -0.39 is 0 Å². The Bertz CT molecular complexity index is 667. The maximum absolute atomic E-state index is 12.1. The van der Waals surface area contributed by atoms with Crippen LogP contribution < -0.4 is 10.6 Å². The average molecular weight is 416 g/mol. The SMILES string of the molecule is CN(C)C(=O)CN=C(NCC1CCCCO1)NCC(c1ccccc1)N1CCCC1. The molecule has 0 saturated carbocycles. The quantitative estimate of drug-likeness (QED) is 0.502. The lowest BCUT2D eigenvalue weighted by Gasteiger charge is -2.29. The van der Waals surface area contributed by atoms with Crippen LogP contribution in [0.5, 0.6) is 0 Å². The number of carbonyl (C=O) groups is 1. The Hall–Kier alpha value is -2.12. The molecule has 166 valence electrons. The number of nitrogens with zero attached hydrogens (tertiary/aromatic N) is 3. The van der Waals surface area contributed by atoms with Crippen LogP contribution in [0.2, 0.25) is 0 Å². The van der Waals surface area contributed by atoms with Gasteiger partial charge < -0.3 is 20.3 Å². The van der Waals surface area contributed by atoms with Gasteiger partial charge in [-0.2, -0.15) is 0 Å². The molecule has 0 aliphatic carbocycles. The van der Waals surface area contributed by atoms with E-state index in [1.165, 1.54) is 24.8 Å². The molecule has 1 aromatic rings. The number of benzene rings is 1. The molecule has 2 aliphatic rings. The molecule has 2 fully saturated rings. The smallest absolute Gasteiger partial charge is 0.243 e. The van der Waals surface area contributed by atoms with Gasteiger partial charge in [0.2, 0.25) is 5.91 Å². The third kappa shape index (κ3) is 6.99. The Labute approximate surface area is 180 Å². The molecular formula is C23H37N5O2. The van der Waals surface area contributed by atoms with Crippen molar-refractivity contribution in [3.63, 3.8) is 0 Å². The molecule has 2 heterocycles. The van der Waals surface area contributed by atoms with Crippen molar-refractivity contribution < 1.29 is 9.53 Å². The molecule has 3 rings (SSSR count). The summed E-state index contributed by atoms with van der Waals surface area (Å²) in [5.74, 6) is 0.670. The Kier molecular flexibility index (Phi) is 8.96. The third-order valence-corrected chi connectivity index (χ3v) is 5.87. The molecule has 30 heavy (non-hydrogen) atoms. The summed E-state index contributed by atoms with van der Waals surface area (Å²) in [6.07, 6.45) is 6.12. The first-order valence-corrected chi connectivity index (χ1v) is 11.3. The van der Waals surface area contributed by atoms with Crippen molar-refractivity contribution in [1.82, 2.24) is 20.4 Å². The van der Waals surface area contributed by atoms with Crippen molar-refractivity contribution in [3.8, 4) is 0 Å². The number of nitrogens with one attached hydrogen (secondary N) is 2. The second-order valence-corrected chi connectivity index (χ2v) is 8.37. The predicted molar refractivity (Wildman–Crippen MR) is 121 cm³/mol. The zero-order valence-electron chi connectivity index (χ0n) is 18.5. The van der Waals surface area contributed by atoms with Crippen LogP contribution in [-0.4, -0.2) is 81.2 Å². The van der Waals surface area contributed by atoms with E-state index in [1.54, 1.807) is 19.0 Å². The summed E-state index contributed by atoms with van der Waals surface area (Å²) < 4.78 is 5.84. The summed E-state index contributed by atoms with van der Waals surface area (Å²) in [6.45, 7) is 4.66. The number of ether oxygens (including phenoxy) is 1. The van der Waals surface area contributed by atoms with Gasteiger partial charge in [0, 0.05) is 33.8 Å². The number of carbonyl (C=O) groups excluding carboxylic acids is 1. The van der Waals surface area contributed by atoms with Crippen LogP contribution in [0.25, 0.3) is 0 Å². The first-order valence-electron chi connectivity index (χ1n) is 11.3. The minimum absolute atomic E-state index is 0.0100. The highest BCUT2D eigenvalue weighted by Crippen LogP contribution is 2.24. The number of guanidine groups is 1. The summed E-state index contributed by atoms with van der Waals surface area (Å²) in [5, 5.41) is 6.91. The fraction of sp³-hybridized carbons (Fsp3) is 0.652. The molecule has 2 N–H and O–H groups in total. The fourth-order valence-corrected chi connectivity index (χ4v) is 4.02.